The maximum Gasteiger partial charge on any atom is 0.0620 e. The second-order valence-electron chi connectivity index (χ2n) is 6.71. The first-order chi connectivity index (χ1) is 8.88. The molecule has 0 N–H and O–H groups in total. The first kappa shape index (κ1) is 14.5. The summed E-state index contributed by atoms with van der Waals surface area (Å²) >= 11 is 0. The van der Waals surface area contributed by atoms with Gasteiger partial charge in [-0.25, -0.2) is 0 Å². The molecule has 2 heterocycles. The summed E-state index contributed by atoms with van der Waals surface area (Å²) in [6.45, 7) is 13.7. The van der Waals surface area contributed by atoms with Crippen LogP contribution in [0.4, 0.5) is 0 Å². The van der Waals surface area contributed by atoms with Gasteiger partial charge in [0.05, 0.1) is 13.2 Å². The molecule has 19 heavy (non-hydrogen) atoms. The Kier molecular flexibility index (Phi) is 4.26. The van der Waals surface area contributed by atoms with E-state index in [1.54, 1.807) is 0 Å². The third kappa shape index (κ3) is 3.54. The van der Waals surface area contributed by atoms with Gasteiger partial charge in [-0.1, -0.05) is 26.8 Å². The standard InChI is InChI=1S/C16H26N2O/c1-12-10-19-11-13(2)18(12)9-14-6-7-15(17-8-14)16(3,4)5/h6-8,12-13H,9-11H2,1-5H3/t12-,13-/m0/s1. The Morgan fingerprint density at radius 1 is 1.21 bits per heavy atom. The number of aromatic nitrogens is 1. The molecule has 0 aliphatic carbocycles. The highest BCUT2D eigenvalue weighted by molar-refractivity contribution is 5.19. The highest BCUT2D eigenvalue weighted by Gasteiger charge is 2.25. The molecule has 0 aromatic carbocycles. The topological polar surface area (TPSA) is 25.4 Å². The molecule has 0 bridgehead atoms. The lowest BCUT2D eigenvalue weighted by Crippen LogP contribution is -2.48. The van der Waals surface area contributed by atoms with Gasteiger partial charge in [0, 0.05) is 35.9 Å². The summed E-state index contributed by atoms with van der Waals surface area (Å²) < 4.78 is 5.57. The lowest BCUT2D eigenvalue weighted by atomic mass is 9.91. The fraction of sp³-hybridized carbons (Fsp3) is 0.688. The van der Waals surface area contributed by atoms with Crippen molar-refractivity contribution in [2.75, 3.05) is 13.2 Å². The Morgan fingerprint density at radius 3 is 2.32 bits per heavy atom. The van der Waals surface area contributed by atoms with Gasteiger partial charge in [-0.05, 0) is 25.5 Å². The van der Waals surface area contributed by atoms with Gasteiger partial charge in [0.25, 0.3) is 0 Å². The molecule has 0 radical (unpaired) electrons. The van der Waals surface area contributed by atoms with E-state index in [0.717, 1.165) is 25.5 Å². The zero-order chi connectivity index (χ0) is 14.0. The van der Waals surface area contributed by atoms with Gasteiger partial charge in [0.1, 0.15) is 0 Å². The van der Waals surface area contributed by atoms with Crippen LogP contribution in [-0.2, 0) is 16.7 Å². The minimum atomic E-state index is 0.123. The van der Waals surface area contributed by atoms with E-state index in [1.165, 1.54) is 5.56 Å². The molecule has 3 heteroatoms. The van der Waals surface area contributed by atoms with Crippen LogP contribution in [0.3, 0.4) is 0 Å². The molecular weight excluding hydrogens is 236 g/mol. The molecular formula is C16H26N2O. The summed E-state index contributed by atoms with van der Waals surface area (Å²) in [5.41, 5.74) is 2.56. The van der Waals surface area contributed by atoms with Crippen molar-refractivity contribution in [2.24, 2.45) is 0 Å². The van der Waals surface area contributed by atoms with Gasteiger partial charge in [0.2, 0.25) is 0 Å². The van der Waals surface area contributed by atoms with Gasteiger partial charge in [-0.3, -0.25) is 9.88 Å². The van der Waals surface area contributed by atoms with Crippen LogP contribution >= 0.6 is 0 Å². The highest BCUT2D eigenvalue weighted by atomic mass is 16.5. The van der Waals surface area contributed by atoms with Crippen LogP contribution in [0.5, 0.6) is 0 Å². The van der Waals surface area contributed by atoms with Gasteiger partial charge >= 0.3 is 0 Å². The van der Waals surface area contributed by atoms with Crippen LogP contribution in [0.25, 0.3) is 0 Å². The monoisotopic (exact) mass is 262 g/mol. The minimum Gasteiger partial charge on any atom is -0.378 e. The Labute approximate surface area is 117 Å². The van der Waals surface area contributed by atoms with E-state index in [1.807, 2.05) is 6.20 Å². The molecule has 2 atom stereocenters. The minimum absolute atomic E-state index is 0.123. The van der Waals surface area contributed by atoms with Crippen molar-refractivity contribution in [3.05, 3.63) is 29.6 Å². The summed E-state index contributed by atoms with van der Waals surface area (Å²) in [5.74, 6) is 0. The van der Waals surface area contributed by atoms with E-state index in [0.29, 0.717) is 12.1 Å². The van der Waals surface area contributed by atoms with Gasteiger partial charge in [0.15, 0.2) is 0 Å². The molecule has 0 amide bonds. The number of ether oxygens (including phenoxy) is 1. The van der Waals surface area contributed by atoms with Crippen molar-refractivity contribution in [3.8, 4) is 0 Å². The van der Waals surface area contributed by atoms with Gasteiger partial charge in [-0.2, -0.15) is 0 Å². The second-order valence-corrected chi connectivity index (χ2v) is 6.71. The lowest BCUT2D eigenvalue weighted by molar-refractivity contribution is -0.0410. The maximum atomic E-state index is 5.57. The molecule has 106 valence electrons. The number of morpholine rings is 1. The third-order valence-corrected chi connectivity index (χ3v) is 3.81. The Hall–Kier alpha value is -0.930. The molecule has 1 aliphatic heterocycles. The van der Waals surface area contributed by atoms with Crippen molar-refractivity contribution in [1.29, 1.82) is 0 Å². The summed E-state index contributed by atoms with van der Waals surface area (Å²) in [6, 6.07) is 5.32. The fourth-order valence-corrected chi connectivity index (χ4v) is 2.52. The first-order valence-electron chi connectivity index (χ1n) is 7.17. The van der Waals surface area contributed by atoms with Crippen LogP contribution in [0.2, 0.25) is 0 Å². The highest BCUT2D eigenvalue weighted by Crippen LogP contribution is 2.21. The van der Waals surface area contributed by atoms with Crippen LogP contribution in [0, 0.1) is 0 Å². The number of rotatable bonds is 2. The maximum absolute atomic E-state index is 5.57. The molecule has 1 aliphatic rings. The SMILES string of the molecule is C[C@H]1COC[C@H](C)N1Cc1ccc(C(C)(C)C)nc1. The van der Waals surface area contributed by atoms with E-state index in [-0.39, 0.29) is 5.41 Å². The summed E-state index contributed by atoms with van der Waals surface area (Å²) in [5, 5.41) is 0. The zero-order valence-corrected chi connectivity index (χ0v) is 12.8. The molecule has 1 fully saturated rings. The number of hydrogen-bond acceptors (Lipinski definition) is 3. The molecule has 1 aromatic rings. The normalized spacial score (nSPS) is 25.5. The number of pyridine rings is 1. The van der Waals surface area contributed by atoms with Crippen molar-refractivity contribution in [2.45, 2.75) is 58.7 Å². The predicted octanol–water partition coefficient (Wildman–Crippen LogP) is 2.99. The average molecular weight is 262 g/mol. The number of nitrogens with zero attached hydrogens (tertiary/aromatic N) is 2. The van der Waals surface area contributed by atoms with E-state index < -0.39 is 0 Å². The van der Waals surface area contributed by atoms with Crippen LogP contribution < -0.4 is 0 Å². The Morgan fingerprint density at radius 2 is 1.84 bits per heavy atom. The second kappa shape index (κ2) is 5.59. The smallest absolute Gasteiger partial charge is 0.0620 e. The largest absolute Gasteiger partial charge is 0.378 e. The summed E-state index contributed by atoms with van der Waals surface area (Å²) in [7, 11) is 0. The van der Waals surface area contributed by atoms with E-state index in [9.17, 15) is 0 Å². The molecule has 1 aromatic heterocycles. The van der Waals surface area contributed by atoms with E-state index in [2.05, 4.69) is 56.6 Å². The number of hydrogen-bond donors (Lipinski definition) is 0. The van der Waals surface area contributed by atoms with Crippen molar-refractivity contribution in [1.82, 2.24) is 9.88 Å². The van der Waals surface area contributed by atoms with Crippen LogP contribution in [0.15, 0.2) is 18.3 Å². The Balaban J connectivity index is 2.07. The molecule has 3 nitrogen and oxygen atoms in total. The molecule has 0 saturated carbocycles. The van der Waals surface area contributed by atoms with E-state index >= 15 is 0 Å². The van der Waals surface area contributed by atoms with Crippen molar-refractivity contribution in [3.63, 3.8) is 0 Å². The molecule has 2 rings (SSSR count). The Bertz CT molecular complexity index is 398. The van der Waals surface area contributed by atoms with Crippen molar-refractivity contribution >= 4 is 0 Å². The first-order valence-corrected chi connectivity index (χ1v) is 7.17. The molecule has 0 spiro atoms. The van der Waals surface area contributed by atoms with E-state index in [4.69, 9.17) is 4.74 Å². The predicted molar refractivity (Wildman–Crippen MR) is 78.2 cm³/mol. The van der Waals surface area contributed by atoms with Gasteiger partial charge in [-0.15, -0.1) is 0 Å². The molecule has 1 saturated heterocycles. The quantitative estimate of drug-likeness (QED) is 0.819. The fourth-order valence-electron chi connectivity index (χ4n) is 2.52. The average Bonchev–Trinajstić information content (AvgIpc) is 2.33. The van der Waals surface area contributed by atoms with Gasteiger partial charge < -0.3 is 4.74 Å². The zero-order valence-electron chi connectivity index (χ0n) is 12.8. The van der Waals surface area contributed by atoms with Crippen molar-refractivity contribution < 1.29 is 4.74 Å². The van der Waals surface area contributed by atoms with Crippen LogP contribution in [0.1, 0.15) is 45.9 Å². The lowest BCUT2D eigenvalue weighted by Gasteiger charge is -2.38. The summed E-state index contributed by atoms with van der Waals surface area (Å²) in [6.07, 6.45) is 2.02. The summed E-state index contributed by atoms with van der Waals surface area (Å²) in [4.78, 5) is 7.10. The third-order valence-electron chi connectivity index (χ3n) is 3.81. The van der Waals surface area contributed by atoms with Crippen LogP contribution in [-0.4, -0.2) is 35.2 Å². The molecule has 0 unspecified atom stereocenters.